The average molecular weight is 338 g/mol. The second-order valence-electron chi connectivity index (χ2n) is 5.38. The van der Waals surface area contributed by atoms with Crippen molar-refractivity contribution in [3.63, 3.8) is 0 Å². The monoisotopic (exact) mass is 337 g/mol. The molecule has 22 heavy (non-hydrogen) atoms. The van der Waals surface area contributed by atoms with Gasteiger partial charge in [0, 0.05) is 11.1 Å². The summed E-state index contributed by atoms with van der Waals surface area (Å²) in [7, 11) is -3.43. The van der Waals surface area contributed by atoms with E-state index in [1.165, 1.54) is 0 Å². The zero-order valence-corrected chi connectivity index (χ0v) is 14.3. The summed E-state index contributed by atoms with van der Waals surface area (Å²) in [6, 6.07) is 14.6. The van der Waals surface area contributed by atoms with Crippen molar-refractivity contribution in [2.75, 3.05) is 0 Å². The van der Waals surface area contributed by atoms with Gasteiger partial charge in [0.15, 0.2) is 0 Å². The van der Waals surface area contributed by atoms with E-state index in [4.69, 9.17) is 11.6 Å². The third kappa shape index (κ3) is 4.83. The zero-order valence-electron chi connectivity index (χ0n) is 12.7. The van der Waals surface area contributed by atoms with Gasteiger partial charge in [-0.15, -0.1) is 0 Å². The van der Waals surface area contributed by atoms with Gasteiger partial charge in [-0.3, -0.25) is 0 Å². The van der Waals surface area contributed by atoms with E-state index in [0.717, 1.165) is 11.1 Å². The minimum atomic E-state index is -3.43. The van der Waals surface area contributed by atoms with Gasteiger partial charge in [0.1, 0.15) is 0 Å². The number of hydrogen-bond donors (Lipinski definition) is 1. The number of hydrogen-bond acceptors (Lipinski definition) is 2. The fourth-order valence-electron chi connectivity index (χ4n) is 2.29. The molecule has 0 aliphatic rings. The summed E-state index contributed by atoms with van der Waals surface area (Å²) in [6.07, 6.45) is 0.692. The molecule has 0 heterocycles. The molecule has 0 radical (unpaired) electrons. The molecule has 5 heteroatoms. The summed E-state index contributed by atoms with van der Waals surface area (Å²) in [6.45, 7) is 3.97. The molecule has 0 spiro atoms. The van der Waals surface area contributed by atoms with Crippen LogP contribution in [0.3, 0.4) is 0 Å². The van der Waals surface area contributed by atoms with Crippen molar-refractivity contribution in [3.05, 3.63) is 70.2 Å². The number of aryl methyl sites for hydroxylation is 1. The summed E-state index contributed by atoms with van der Waals surface area (Å²) >= 11 is 5.90. The van der Waals surface area contributed by atoms with Crippen molar-refractivity contribution in [2.24, 2.45) is 0 Å². The lowest BCUT2D eigenvalue weighted by atomic mass is 10.0. The van der Waals surface area contributed by atoms with E-state index in [1.807, 2.05) is 38.1 Å². The van der Waals surface area contributed by atoms with Crippen molar-refractivity contribution >= 4 is 21.6 Å². The number of halogens is 1. The maximum Gasteiger partial charge on any atom is 0.216 e. The molecule has 0 fully saturated rings. The average Bonchev–Trinajstić information content (AvgIpc) is 2.45. The molecule has 118 valence electrons. The summed E-state index contributed by atoms with van der Waals surface area (Å²) in [5.74, 6) is -0.0735. The van der Waals surface area contributed by atoms with Crippen LogP contribution in [-0.4, -0.2) is 8.42 Å². The quantitative estimate of drug-likeness (QED) is 0.857. The number of rotatable bonds is 6. The zero-order chi connectivity index (χ0) is 16.2. The van der Waals surface area contributed by atoms with E-state index in [2.05, 4.69) is 4.72 Å². The fourth-order valence-corrected chi connectivity index (χ4v) is 3.94. The van der Waals surface area contributed by atoms with Gasteiger partial charge in [-0.2, -0.15) is 0 Å². The van der Waals surface area contributed by atoms with Crippen molar-refractivity contribution < 1.29 is 8.42 Å². The SMILES string of the molecule is CC[C@@H](NS(=O)(=O)Cc1cccc(Cl)c1)c1ccc(C)cc1. The number of benzene rings is 2. The predicted molar refractivity (Wildman–Crippen MR) is 91.4 cm³/mol. The molecule has 2 rings (SSSR count). The molecule has 0 amide bonds. The van der Waals surface area contributed by atoms with Crippen molar-refractivity contribution in [2.45, 2.75) is 32.1 Å². The Morgan fingerprint density at radius 3 is 2.41 bits per heavy atom. The lowest BCUT2D eigenvalue weighted by Gasteiger charge is -2.18. The number of nitrogens with one attached hydrogen (secondary N) is 1. The van der Waals surface area contributed by atoms with Gasteiger partial charge in [0.2, 0.25) is 10.0 Å². The van der Waals surface area contributed by atoms with Crippen LogP contribution in [0.5, 0.6) is 0 Å². The van der Waals surface area contributed by atoms with Gasteiger partial charge in [-0.05, 0) is 36.6 Å². The van der Waals surface area contributed by atoms with Crippen LogP contribution in [0.1, 0.15) is 36.1 Å². The number of sulfonamides is 1. The lowest BCUT2D eigenvalue weighted by Crippen LogP contribution is -2.29. The molecular weight excluding hydrogens is 318 g/mol. The van der Waals surface area contributed by atoms with Crippen LogP contribution >= 0.6 is 11.6 Å². The van der Waals surface area contributed by atoms with Gasteiger partial charge >= 0.3 is 0 Å². The third-order valence-corrected chi connectivity index (χ3v) is 5.05. The Morgan fingerprint density at radius 2 is 1.82 bits per heavy atom. The van der Waals surface area contributed by atoms with Crippen LogP contribution in [0.4, 0.5) is 0 Å². The maximum absolute atomic E-state index is 12.4. The van der Waals surface area contributed by atoms with Gasteiger partial charge in [0.25, 0.3) is 0 Å². The van der Waals surface area contributed by atoms with Crippen molar-refractivity contribution in [3.8, 4) is 0 Å². The van der Waals surface area contributed by atoms with Gasteiger partial charge in [0.05, 0.1) is 5.75 Å². The lowest BCUT2D eigenvalue weighted by molar-refractivity contribution is 0.549. The van der Waals surface area contributed by atoms with E-state index < -0.39 is 10.0 Å². The van der Waals surface area contributed by atoms with Crippen molar-refractivity contribution in [1.82, 2.24) is 4.72 Å². The van der Waals surface area contributed by atoms with Crippen molar-refractivity contribution in [1.29, 1.82) is 0 Å². The summed E-state index contributed by atoms with van der Waals surface area (Å²) < 4.78 is 27.5. The minimum absolute atomic E-state index is 0.0735. The second-order valence-corrected chi connectivity index (χ2v) is 7.57. The van der Waals surface area contributed by atoms with Crippen LogP contribution in [-0.2, 0) is 15.8 Å². The first-order chi connectivity index (χ1) is 10.4. The van der Waals surface area contributed by atoms with Crippen LogP contribution in [0, 0.1) is 6.92 Å². The van der Waals surface area contributed by atoms with E-state index in [1.54, 1.807) is 24.3 Å². The molecule has 0 bridgehead atoms. The Kier molecular flexibility index (Phi) is 5.62. The van der Waals surface area contributed by atoms with E-state index >= 15 is 0 Å². The van der Waals surface area contributed by atoms with E-state index in [-0.39, 0.29) is 11.8 Å². The van der Waals surface area contributed by atoms with E-state index in [9.17, 15) is 8.42 Å². The highest BCUT2D eigenvalue weighted by atomic mass is 35.5. The Bertz CT molecular complexity index is 727. The topological polar surface area (TPSA) is 46.2 Å². The molecule has 1 N–H and O–H groups in total. The molecular formula is C17H20ClNO2S. The molecule has 0 aliphatic heterocycles. The standard InChI is InChI=1S/C17H20ClNO2S/c1-3-17(15-9-7-13(2)8-10-15)19-22(20,21)12-14-5-4-6-16(18)11-14/h4-11,17,19H,3,12H2,1-2H3/t17-/m1/s1. The van der Waals surface area contributed by atoms with Gasteiger partial charge in [-0.25, -0.2) is 13.1 Å². The maximum atomic E-state index is 12.4. The van der Waals surface area contributed by atoms with Crippen LogP contribution < -0.4 is 4.72 Å². The third-order valence-electron chi connectivity index (χ3n) is 3.46. The first-order valence-corrected chi connectivity index (χ1v) is 9.23. The fraction of sp³-hybridized carbons (Fsp3) is 0.294. The highest BCUT2D eigenvalue weighted by Crippen LogP contribution is 2.20. The molecule has 0 saturated heterocycles. The Morgan fingerprint density at radius 1 is 1.14 bits per heavy atom. The minimum Gasteiger partial charge on any atom is -0.212 e. The molecule has 0 aromatic heterocycles. The Hall–Kier alpha value is -1.36. The largest absolute Gasteiger partial charge is 0.216 e. The normalized spacial score (nSPS) is 13.0. The summed E-state index contributed by atoms with van der Waals surface area (Å²) in [5, 5.41) is 0.540. The molecule has 0 unspecified atom stereocenters. The van der Waals surface area contributed by atoms with Crippen LogP contribution in [0.25, 0.3) is 0 Å². The van der Waals surface area contributed by atoms with Crippen LogP contribution in [0.15, 0.2) is 48.5 Å². The predicted octanol–water partition coefficient (Wildman–Crippen LogP) is 4.22. The summed E-state index contributed by atoms with van der Waals surface area (Å²) in [4.78, 5) is 0. The summed E-state index contributed by atoms with van der Waals surface area (Å²) in [5.41, 5.74) is 2.81. The highest BCUT2D eigenvalue weighted by molar-refractivity contribution is 7.88. The van der Waals surface area contributed by atoms with Crippen LogP contribution in [0.2, 0.25) is 5.02 Å². The van der Waals surface area contributed by atoms with Gasteiger partial charge < -0.3 is 0 Å². The molecule has 0 saturated carbocycles. The smallest absolute Gasteiger partial charge is 0.212 e. The second kappa shape index (κ2) is 7.27. The Balaban J connectivity index is 2.13. The first-order valence-electron chi connectivity index (χ1n) is 7.20. The molecule has 2 aromatic carbocycles. The molecule has 3 nitrogen and oxygen atoms in total. The Labute approximate surface area is 137 Å². The first kappa shape index (κ1) is 17.0. The van der Waals surface area contributed by atoms with E-state index in [0.29, 0.717) is 17.0 Å². The molecule has 1 atom stereocenters. The highest BCUT2D eigenvalue weighted by Gasteiger charge is 2.18. The molecule has 0 aliphatic carbocycles. The molecule has 2 aromatic rings. The van der Waals surface area contributed by atoms with Gasteiger partial charge in [-0.1, -0.05) is 60.5 Å².